The molecule has 1 fully saturated rings. The van der Waals surface area contributed by atoms with Crippen molar-refractivity contribution >= 4 is 35.6 Å². The second kappa shape index (κ2) is 8.76. The predicted octanol–water partition coefficient (Wildman–Crippen LogP) is 2.57. The van der Waals surface area contributed by atoms with Crippen molar-refractivity contribution in [2.75, 3.05) is 7.11 Å². The number of nitrogens with two attached hydrogens (primary N) is 1. The Morgan fingerprint density at radius 2 is 2.18 bits per heavy atom. The Balaban J connectivity index is 0.00000242. The Kier molecular flexibility index (Phi) is 7.36. The third kappa shape index (κ3) is 5.00. The molecule has 7 nitrogen and oxygen atoms in total. The Bertz CT molecular complexity index is 545. The first-order valence-electron chi connectivity index (χ1n) is 6.98. The average Bonchev–Trinajstić information content (AvgIpc) is 2.97. The number of rotatable bonds is 5. The quantitative estimate of drug-likeness (QED) is 0.251. The van der Waals surface area contributed by atoms with E-state index in [1.807, 2.05) is 0 Å². The highest BCUT2D eigenvalue weighted by molar-refractivity contribution is 14.0. The molecule has 0 amide bonds. The van der Waals surface area contributed by atoms with E-state index in [-0.39, 0.29) is 35.4 Å². The molecule has 0 aromatic heterocycles. The number of nitrogens with one attached hydrogen (secondary N) is 1. The van der Waals surface area contributed by atoms with Crippen LogP contribution >= 0.6 is 24.0 Å². The van der Waals surface area contributed by atoms with Crippen LogP contribution < -0.4 is 15.8 Å². The highest BCUT2D eigenvalue weighted by Crippen LogP contribution is 2.27. The molecule has 1 aliphatic rings. The first-order chi connectivity index (χ1) is 10.1. The summed E-state index contributed by atoms with van der Waals surface area (Å²) in [5, 5.41) is 14.1. The van der Waals surface area contributed by atoms with Gasteiger partial charge in [-0.05, 0) is 24.5 Å². The van der Waals surface area contributed by atoms with Gasteiger partial charge in [0.1, 0.15) is 0 Å². The van der Waals surface area contributed by atoms with Crippen LogP contribution in [-0.4, -0.2) is 24.0 Å². The largest absolute Gasteiger partial charge is 0.490 e. The van der Waals surface area contributed by atoms with E-state index in [1.165, 1.54) is 26.0 Å². The van der Waals surface area contributed by atoms with Gasteiger partial charge in [0.25, 0.3) is 0 Å². The number of ether oxygens (including phenoxy) is 1. The van der Waals surface area contributed by atoms with E-state index in [0.29, 0.717) is 18.5 Å². The van der Waals surface area contributed by atoms with Crippen molar-refractivity contribution in [2.24, 2.45) is 10.7 Å². The number of methoxy groups -OCH3 is 1. The minimum Gasteiger partial charge on any atom is -0.490 e. The number of aliphatic imine (C=N–C) groups is 1. The van der Waals surface area contributed by atoms with Gasteiger partial charge in [-0.25, -0.2) is 4.99 Å². The third-order valence-electron chi connectivity index (χ3n) is 3.58. The van der Waals surface area contributed by atoms with Gasteiger partial charge in [0.15, 0.2) is 11.7 Å². The zero-order valence-electron chi connectivity index (χ0n) is 12.4. The van der Waals surface area contributed by atoms with Crippen molar-refractivity contribution in [3.63, 3.8) is 0 Å². The molecule has 0 atom stereocenters. The van der Waals surface area contributed by atoms with Crippen LogP contribution in [0.15, 0.2) is 23.2 Å². The molecule has 1 aromatic rings. The van der Waals surface area contributed by atoms with E-state index >= 15 is 0 Å². The fourth-order valence-electron chi connectivity index (χ4n) is 2.48. The molecular formula is C14H21IN4O3. The molecule has 0 aliphatic heterocycles. The van der Waals surface area contributed by atoms with Gasteiger partial charge in [0.05, 0.1) is 18.6 Å². The molecule has 0 saturated heterocycles. The normalized spacial score (nSPS) is 15.2. The van der Waals surface area contributed by atoms with Gasteiger partial charge < -0.3 is 15.8 Å². The van der Waals surface area contributed by atoms with Gasteiger partial charge in [-0.15, -0.1) is 24.0 Å². The maximum atomic E-state index is 11.0. The number of benzene rings is 1. The summed E-state index contributed by atoms with van der Waals surface area (Å²) >= 11 is 0. The first-order valence-corrected chi connectivity index (χ1v) is 6.98. The van der Waals surface area contributed by atoms with Gasteiger partial charge in [-0.2, -0.15) is 0 Å². The van der Waals surface area contributed by atoms with Gasteiger partial charge in [-0.3, -0.25) is 10.1 Å². The van der Waals surface area contributed by atoms with E-state index in [1.54, 1.807) is 12.1 Å². The number of nitro benzene ring substituents is 1. The number of hydrogen-bond acceptors (Lipinski definition) is 4. The van der Waals surface area contributed by atoms with Gasteiger partial charge in [-0.1, -0.05) is 18.9 Å². The lowest BCUT2D eigenvalue weighted by Crippen LogP contribution is -2.38. The third-order valence-corrected chi connectivity index (χ3v) is 3.58. The van der Waals surface area contributed by atoms with Crippen LogP contribution in [0.5, 0.6) is 5.75 Å². The summed E-state index contributed by atoms with van der Waals surface area (Å²) in [6, 6.07) is 5.19. The van der Waals surface area contributed by atoms with Gasteiger partial charge in [0, 0.05) is 12.1 Å². The predicted molar refractivity (Wildman–Crippen MR) is 95.8 cm³/mol. The van der Waals surface area contributed by atoms with Crippen molar-refractivity contribution < 1.29 is 9.66 Å². The lowest BCUT2D eigenvalue weighted by atomic mass is 10.2. The second-order valence-corrected chi connectivity index (χ2v) is 5.09. The molecule has 0 bridgehead atoms. The Labute approximate surface area is 146 Å². The van der Waals surface area contributed by atoms with Crippen LogP contribution in [0.3, 0.4) is 0 Å². The van der Waals surface area contributed by atoms with E-state index < -0.39 is 4.92 Å². The number of nitro groups is 1. The topological polar surface area (TPSA) is 103 Å². The fraction of sp³-hybridized carbons (Fsp3) is 0.500. The maximum Gasteiger partial charge on any atom is 0.311 e. The highest BCUT2D eigenvalue weighted by atomic mass is 127. The summed E-state index contributed by atoms with van der Waals surface area (Å²) in [5.41, 5.74) is 6.49. The first kappa shape index (κ1) is 18.5. The molecule has 3 N–H and O–H groups in total. The smallest absolute Gasteiger partial charge is 0.311 e. The molecule has 1 aromatic carbocycles. The number of nitrogens with zero attached hydrogens (tertiary/aromatic N) is 2. The van der Waals surface area contributed by atoms with Crippen LogP contribution in [0.25, 0.3) is 0 Å². The SMILES string of the molecule is COc1ccc(CN=C(N)NC2CCCC2)cc1[N+](=O)[O-].I. The van der Waals surface area contributed by atoms with Crippen LogP contribution in [0.2, 0.25) is 0 Å². The van der Waals surface area contributed by atoms with E-state index in [0.717, 1.165) is 18.4 Å². The van der Waals surface area contributed by atoms with Crippen molar-refractivity contribution in [3.05, 3.63) is 33.9 Å². The second-order valence-electron chi connectivity index (χ2n) is 5.09. The number of guanidine groups is 1. The summed E-state index contributed by atoms with van der Waals surface area (Å²) in [7, 11) is 1.41. The Morgan fingerprint density at radius 3 is 2.77 bits per heavy atom. The van der Waals surface area contributed by atoms with E-state index in [4.69, 9.17) is 10.5 Å². The molecule has 0 unspecified atom stereocenters. The van der Waals surface area contributed by atoms with Crippen LogP contribution in [0.1, 0.15) is 31.2 Å². The van der Waals surface area contributed by atoms with Crippen LogP contribution in [0, 0.1) is 10.1 Å². The zero-order chi connectivity index (χ0) is 15.2. The molecule has 1 saturated carbocycles. The molecule has 0 radical (unpaired) electrons. The van der Waals surface area contributed by atoms with E-state index in [2.05, 4.69) is 10.3 Å². The van der Waals surface area contributed by atoms with Crippen LogP contribution in [-0.2, 0) is 6.54 Å². The molecule has 0 spiro atoms. The van der Waals surface area contributed by atoms with Gasteiger partial charge in [0.2, 0.25) is 0 Å². The van der Waals surface area contributed by atoms with Gasteiger partial charge >= 0.3 is 5.69 Å². The summed E-state index contributed by atoms with van der Waals surface area (Å²) in [6.07, 6.45) is 4.67. The Hall–Kier alpha value is -1.58. The van der Waals surface area contributed by atoms with Crippen molar-refractivity contribution in [2.45, 2.75) is 38.3 Å². The maximum absolute atomic E-state index is 11.0. The summed E-state index contributed by atoms with van der Waals surface area (Å²) in [5.74, 6) is 0.630. The standard InChI is InChI=1S/C14H20N4O3.HI/c1-21-13-7-6-10(8-12(13)18(19)20)9-16-14(15)17-11-4-2-3-5-11;/h6-8,11H,2-5,9H2,1H3,(H3,15,16,17);1H. The van der Waals surface area contributed by atoms with Crippen molar-refractivity contribution in [1.29, 1.82) is 0 Å². The molecule has 2 rings (SSSR count). The average molecular weight is 420 g/mol. The lowest BCUT2D eigenvalue weighted by Gasteiger charge is -2.12. The molecular weight excluding hydrogens is 399 g/mol. The minimum atomic E-state index is -0.466. The lowest BCUT2D eigenvalue weighted by molar-refractivity contribution is -0.385. The molecule has 0 heterocycles. The Morgan fingerprint density at radius 1 is 1.50 bits per heavy atom. The molecule has 1 aliphatic carbocycles. The van der Waals surface area contributed by atoms with E-state index in [9.17, 15) is 10.1 Å². The molecule has 8 heteroatoms. The monoisotopic (exact) mass is 420 g/mol. The summed E-state index contributed by atoms with van der Waals surface area (Å²) in [6.45, 7) is 0.302. The van der Waals surface area contributed by atoms with Crippen molar-refractivity contribution in [1.82, 2.24) is 5.32 Å². The minimum absolute atomic E-state index is 0. The number of halogens is 1. The number of hydrogen-bond donors (Lipinski definition) is 2. The molecule has 22 heavy (non-hydrogen) atoms. The zero-order valence-corrected chi connectivity index (χ0v) is 14.8. The highest BCUT2D eigenvalue weighted by Gasteiger charge is 2.16. The van der Waals surface area contributed by atoms with Crippen molar-refractivity contribution in [3.8, 4) is 5.75 Å². The fourth-order valence-corrected chi connectivity index (χ4v) is 2.48. The summed E-state index contributed by atoms with van der Waals surface area (Å²) in [4.78, 5) is 14.7. The van der Waals surface area contributed by atoms with Crippen LogP contribution in [0.4, 0.5) is 5.69 Å². The summed E-state index contributed by atoms with van der Waals surface area (Å²) < 4.78 is 4.96. The molecule has 122 valence electrons.